The summed E-state index contributed by atoms with van der Waals surface area (Å²) >= 11 is 0. The monoisotopic (exact) mass is 610 g/mol. The Balaban J connectivity index is 1.41. The molecule has 0 N–H and O–H groups in total. The Morgan fingerprint density at radius 3 is 1.77 bits per heavy atom. The molecule has 9 aromatic rings. The smallest absolute Gasteiger partial charge is 0.189 e. The molecule has 0 amide bonds. The second kappa shape index (κ2) is 10.9. The molecular weight excluding hydrogens is 585 g/mol. The van der Waals surface area contributed by atoms with Gasteiger partial charge in [-0.15, -0.1) is 0 Å². The van der Waals surface area contributed by atoms with Crippen LogP contribution in [0.25, 0.3) is 82.1 Å². The highest BCUT2D eigenvalue weighted by atomic mass is 15.0. The van der Waals surface area contributed by atoms with Crippen LogP contribution in [0.15, 0.2) is 158 Å². The molecule has 0 radical (unpaired) electrons. The van der Waals surface area contributed by atoms with E-state index in [4.69, 9.17) is 6.57 Å². The van der Waals surface area contributed by atoms with Crippen LogP contribution in [0.2, 0.25) is 0 Å². The van der Waals surface area contributed by atoms with Gasteiger partial charge in [0.1, 0.15) is 0 Å². The van der Waals surface area contributed by atoms with E-state index in [1.165, 1.54) is 5.39 Å². The largest absolute Gasteiger partial charge is 0.309 e. The summed E-state index contributed by atoms with van der Waals surface area (Å²) in [4.78, 5) is 3.76. The maximum absolute atomic E-state index is 10.0. The lowest BCUT2D eigenvalue weighted by molar-refractivity contribution is 1.18. The molecular formula is C44H26N4. The molecule has 48 heavy (non-hydrogen) atoms. The van der Waals surface area contributed by atoms with Gasteiger partial charge in [-0.05, 0) is 95.1 Å². The Kier molecular flexibility index (Phi) is 6.22. The number of fused-ring (bicyclic) bond motifs is 6. The maximum atomic E-state index is 10.0. The number of para-hydroxylation sites is 4. The van der Waals surface area contributed by atoms with E-state index in [9.17, 15) is 5.26 Å². The number of benzene rings is 7. The minimum Gasteiger partial charge on any atom is -0.309 e. The minimum absolute atomic E-state index is 0.445. The number of nitrogens with zero attached hydrogens (tertiary/aromatic N) is 4. The molecule has 0 aliphatic heterocycles. The zero-order valence-corrected chi connectivity index (χ0v) is 25.8. The predicted molar refractivity (Wildman–Crippen MR) is 197 cm³/mol. The van der Waals surface area contributed by atoms with Gasteiger partial charge in [-0.25, -0.2) is 4.85 Å². The molecule has 4 heteroatoms. The Morgan fingerprint density at radius 1 is 0.500 bits per heavy atom. The van der Waals surface area contributed by atoms with Crippen LogP contribution in [0, 0.1) is 17.9 Å². The van der Waals surface area contributed by atoms with Crippen LogP contribution in [0.1, 0.15) is 5.56 Å². The van der Waals surface area contributed by atoms with Crippen molar-refractivity contribution in [1.29, 1.82) is 5.26 Å². The molecule has 2 heterocycles. The fourth-order valence-electron chi connectivity index (χ4n) is 7.34. The maximum Gasteiger partial charge on any atom is 0.189 e. The highest BCUT2D eigenvalue weighted by molar-refractivity contribution is 6.19. The molecule has 0 fully saturated rings. The second-order valence-corrected chi connectivity index (χ2v) is 12.0. The van der Waals surface area contributed by atoms with Gasteiger partial charge in [-0.3, -0.25) is 0 Å². The van der Waals surface area contributed by atoms with E-state index in [0.717, 1.165) is 71.9 Å². The van der Waals surface area contributed by atoms with Gasteiger partial charge in [0.05, 0.1) is 34.7 Å². The van der Waals surface area contributed by atoms with Gasteiger partial charge in [0, 0.05) is 38.5 Å². The van der Waals surface area contributed by atoms with Crippen molar-refractivity contribution in [1.82, 2.24) is 9.13 Å². The van der Waals surface area contributed by atoms with Crippen LogP contribution >= 0.6 is 0 Å². The molecule has 0 bridgehead atoms. The number of aromatic nitrogens is 2. The fraction of sp³-hybridized carbons (Fsp3) is 0. The van der Waals surface area contributed by atoms with E-state index < -0.39 is 0 Å². The average molecular weight is 611 g/mol. The van der Waals surface area contributed by atoms with E-state index in [1.54, 1.807) is 6.07 Å². The normalized spacial score (nSPS) is 11.3. The lowest BCUT2D eigenvalue weighted by Crippen LogP contribution is -1.94. The average Bonchev–Trinajstić information content (AvgIpc) is 3.67. The van der Waals surface area contributed by atoms with Crippen molar-refractivity contribution in [3.05, 3.63) is 175 Å². The lowest BCUT2D eigenvalue weighted by Gasteiger charge is -2.15. The topological polar surface area (TPSA) is 38.0 Å². The summed E-state index contributed by atoms with van der Waals surface area (Å²) in [6.07, 6.45) is 0. The fourth-order valence-corrected chi connectivity index (χ4v) is 7.34. The van der Waals surface area contributed by atoms with Crippen molar-refractivity contribution in [3.63, 3.8) is 0 Å². The summed E-state index contributed by atoms with van der Waals surface area (Å²) in [5.41, 5.74) is 11.5. The second-order valence-electron chi connectivity index (χ2n) is 12.0. The number of hydrogen-bond acceptors (Lipinski definition) is 1. The number of nitriles is 1. The molecule has 0 aliphatic carbocycles. The molecule has 0 spiro atoms. The van der Waals surface area contributed by atoms with E-state index in [1.807, 2.05) is 24.3 Å². The van der Waals surface area contributed by atoms with Crippen molar-refractivity contribution in [2.45, 2.75) is 0 Å². The van der Waals surface area contributed by atoms with Crippen LogP contribution in [0.4, 0.5) is 5.69 Å². The van der Waals surface area contributed by atoms with Crippen molar-refractivity contribution in [2.24, 2.45) is 0 Å². The third-order valence-electron chi connectivity index (χ3n) is 9.32. The van der Waals surface area contributed by atoms with E-state index in [-0.39, 0.29) is 0 Å². The van der Waals surface area contributed by atoms with Crippen molar-refractivity contribution >= 4 is 49.3 Å². The van der Waals surface area contributed by atoms with Gasteiger partial charge in [-0.2, -0.15) is 5.26 Å². The zero-order valence-electron chi connectivity index (χ0n) is 25.8. The molecule has 9 rings (SSSR count). The molecule has 0 atom stereocenters. The first-order chi connectivity index (χ1) is 23.7. The van der Waals surface area contributed by atoms with Crippen molar-refractivity contribution in [2.75, 3.05) is 0 Å². The summed E-state index contributed by atoms with van der Waals surface area (Å²) < 4.78 is 4.63. The van der Waals surface area contributed by atoms with Crippen LogP contribution in [0.5, 0.6) is 0 Å². The van der Waals surface area contributed by atoms with Crippen LogP contribution in [-0.4, -0.2) is 9.13 Å². The van der Waals surface area contributed by atoms with Crippen LogP contribution in [-0.2, 0) is 0 Å². The van der Waals surface area contributed by atoms with Crippen LogP contribution in [0.3, 0.4) is 0 Å². The van der Waals surface area contributed by atoms with Gasteiger partial charge >= 0.3 is 0 Å². The molecule has 0 saturated heterocycles. The van der Waals surface area contributed by atoms with Crippen molar-refractivity contribution in [3.8, 4) is 39.7 Å². The first-order valence-electron chi connectivity index (χ1n) is 15.9. The highest BCUT2D eigenvalue weighted by Crippen LogP contribution is 2.46. The van der Waals surface area contributed by atoms with Gasteiger partial charge in [0.25, 0.3) is 0 Å². The highest BCUT2D eigenvalue weighted by Gasteiger charge is 2.21. The first-order valence-corrected chi connectivity index (χ1v) is 15.9. The molecule has 7 aromatic carbocycles. The quantitative estimate of drug-likeness (QED) is 0.183. The van der Waals surface area contributed by atoms with Gasteiger partial charge < -0.3 is 9.13 Å². The van der Waals surface area contributed by atoms with Gasteiger partial charge in [0.2, 0.25) is 0 Å². The predicted octanol–water partition coefficient (Wildman–Crippen LogP) is 11.6. The molecule has 0 saturated carbocycles. The van der Waals surface area contributed by atoms with Gasteiger partial charge in [-0.1, -0.05) is 84.9 Å². The molecule has 2 aromatic heterocycles. The summed E-state index contributed by atoms with van der Waals surface area (Å²) in [5.74, 6) is 0. The first kappa shape index (κ1) is 27.4. The van der Waals surface area contributed by atoms with E-state index >= 15 is 0 Å². The number of hydrogen-bond donors (Lipinski definition) is 0. The van der Waals surface area contributed by atoms with E-state index in [0.29, 0.717) is 11.3 Å². The zero-order chi connectivity index (χ0) is 32.2. The Hall–Kier alpha value is -6.88. The Labute approximate surface area is 277 Å². The molecule has 4 nitrogen and oxygen atoms in total. The van der Waals surface area contributed by atoms with E-state index in [2.05, 4.69) is 147 Å². The summed E-state index contributed by atoms with van der Waals surface area (Å²) in [5, 5.41) is 14.6. The molecule has 0 aliphatic rings. The Morgan fingerprint density at radius 2 is 1.08 bits per heavy atom. The summed E-state index contributed by atoms with van der Waals surface area (Å²) in [7, 11) is 0. The molecule has 0 unspecified atom stereocenters. The van der Waals surface area contributed by atoms with Crippen LogP contribution < -0.4 is 0 Å². The SMILES string of the molecule is [C-]#[N+]c1cc(C#N)cc(-c2c(-c3ccc4c(c3)c3ccccc3n4-c3ccccc3)ccc3c2c2ccccc2n3-c2ccccc2)c1. The van der Waals surface area contributed by atoms with Gasteiger partial charge in [0.15, 0.2) is 5.69 Å². The molecule has 222 valence electrons. The summed E-state index contributed by atoms with van der Waals surface area (Å²) in [6, 6.07) is 56.8. The van der Waals surface area contributed by atoms with Crippen molar-refractivity contribution < 1.29 is 0 Å². The third kappa shape index (κ3) is 4.14. The standard InChI is InChI=1S/C44H26N4/c1-46-32-25-29(28-45)24-31(26-32)43-35(21-23-42-44(43)37-17-9-11-19-40(37)48(42)34-14-6-3-7-15-34)30-20-22-41-38(27-30)36-16-8-10-18-39(36)47(41)33-12-4-2-5-13-33/h2-27H. The lowest BCUT2D eigenvalue weighted by atomic mass is 9.89. The number of rotatable bonds is 4. The Bertz CT molecular complexity index is 2760. The summed E-state index contributed by atoms with van der Waals surface area (Å²) in [6.45, 7) is 7.85. The minimum atomic E-state index is 0.445. The third-order valence-corrected chi connectivity index (χ3v) is 9.32.